The summed E-state index contributed by atoms with van der Waals surface area (Å²) in [6.07, 6.45) is 1.00. The molecule has 0 saturated heterocycles. The predicted octanol–water partition coefficient (Wildman–Crippen LogP) is 3.03. The number of aromatic nitrogens is 2. The minimum Gasteiger partial charge on any atom is -0.420 e. The van der Waals surface area contributed by atoms with Gasteiger partial charge in [0.05, 0.1) is 19.8 Å². The second-order valence-electron chi connectivity index (χ2n) is 6.16. The van der Waals surface area contributed by atoms with Crippen molar-refractivity contribution in [3.05, 3.63) is 35.7 Å². The highest BCUT2D eigenvalue weighted by molar-refractivity contribution is 5.94. The Kier molecular flexibility index (Phi) is 8.24. The fourth-order valence-corrected chi connectivity index (χ4v) is 2.15. The summed E-state index contributed by atoms with van der Waals surface area (Å²) in [5.74, 6) is 1.10. The van der Waals surface area contributed by atoms with E-state index in [0.717, 1.165) is 18.6 Å². The average Bonchev–Trinajstić information content (AvgIpc) is 3.14. The minimum absolute atomic E-state index is 0.143. The Morgan fingerprint density at radius 1 is 1.08 bits per heavy atom. The molecule has 0 bridgehead atoms. The number of benzene rings is 1. The zero-order valence-electron chi connectivity index (χ0n) is 15.7. The Hall–Kier alpha value is -2.25. The van der Waals surface area contributed by atoms with Crippen LogP contribution >= 0.6 is 0 Å². The molecule has 7 nitrogen and oxygen atoms in total. The maximum absolute atomic E-state index is 12.1. The Morgan fingerprint density at radius 2 is 1.77 bits per heavy atom. The van der Waals surface area contributed by atoms with Crippen molar-refractivity contribution in [2.24, 2.45) is 0 Å². The standard InChI is InChI=1S/C19H27N3O4/c1-4-10-24-12-13-25-11-9-20-17(23)15-5-7-16(8-6-15)19-22-21-18(26-19)14(2)3/h5-8,14H,4,9-13H2,1-3H3,(H,20,23). The van der Waals surface area contributed by atoms with Gasteiger partial charge < -0.3 is 19.2 Å². The van der Waals surface area contributed by atoms with Gasteiger partial charge >= 0.3 is 0 Å². The Bertz CT molecular complexity index is 668. The van der Waals surface area contributed by atoms with E-state index in [9.17, 15) is 4.79 Å². The summed E-state index contributed by atoms with van der Waals surface area (Å²) in [6, 6.07) is 7.08. The lowest BCUT2D eigenvalue weighted by atomic mass is 10.1. The van der Waals surface area contributed by atoms with E-state index in [1.807, 2.05) is 13.8 Å². The molecular weight excluding hydrogens is 334 g/mol. The SMILES string of the molecule is CCCOCCOCCNC(=O)c1ccc(-c2nnc(C(C)C)o2)cc1. The molecule has 0 unspecified atom stereocenters. The number of nitrogens with one attached hydrogen (secondary N) is 1. The second kappa shape index (κ2) is 10.7. The Labute approximate surface area is 154 Å². The second-order valence-corrected chi connectivity index (χ2v) is 6.16. The molecule has 0 saturated carbocycles. The number of hydrogen-bond acceptors (Lipinski definition) is 6. The molecule has 26 heavy (non-hydrogen) atoms. The molecular formula is C19H27N3O4. The van der Waals surface area contributed by atoms with Crippen molar-refractivity contribution in [2.75, 3.05) is 33.0 Å². The van der Waals surface area contributed by atoms with E-state index in [1.165, 1.54) is 0 Å². The molecule has 0 fully saturated rings. The van der Waals surface area contributed by atoms with Gasteiger partial charge in [0.15, 0.2) is 0 Å². The number of hydrogen-bond donors (Lipinski definition) is 1. The first-order chi connectivity index (χ1) is 12.6. The van der Waals surface area contributed by atoms with Crippen LogP contribution in [0.3, 0.4) is 0 Å². The maximum atomic E-state index is 12.1. The highest BCUT2D eigenvalue weighted by Gasteiger charge is 2.12. The molecule has 0 atom stereocenters. The lowest BCUT2D eigenvalue weighted by molar-refractivity contribution is 0.0485. The molecule has 2 rings (SSSR count). The quantitative estimate of drug-likeness (QED) is 0.619. The molecule has 1 heterocycles. The third-order valence-corrected chi connectivity index (χ3v) is 3.58. The van der Waals surface area contributed by atoms with E-state index in [-0.39, 0.29) is 11.8 Å². The number of ether oxygens (including phenoxy) is 2. The number of carbonyl (C=O) groups is 1. The largest absolute Gasteiger partial charge is 0.420 e. The fraction of sp³-hybridized carbons (Fsp3) is 0.526. The molecule has 0 aliphatic carbocycles. The molecule has 0 radical (unpaired) electrons. The summed E-state index contributed by atoms with van der Waals surface area (Å²) in [7, 11) is 0. The lowest BCUT2D eigenvalue weighted by Crippen LogP contribution is -2.27. The van der Waals surface area contributed by atoms with Crippen molar-refractivity contribution in [1.29, 1.82) is 0 Å². The van der Waals surface area contributed by atoms with Gasteiger partial charge in [-0.05, 0) is 30.7 Å². The molecule has 7 heteroatoms. The first-order valence-corrected chi connectivity index (χ1v) is 8.99. The van der Waals surface area contributed by atoms with Crippen LogP contribution in [-0.4, -0.2) is 49.1 Å². The zero-order chi connectivity index (χ0) is 18.8. The van der Waals surface area contributed by atoms with Crippen LogP contribution in [0.1, 0.15) is 49.4 Å². The van der Waals surface area contributed by atoms with Gasteiger partial charge in [-0.25, -0.2) is 0 Å². The van der Waals surface area contributed by atoms with Crippen molar-refractivity contribution >= 4 is 5.91 Å². The van der Waals surface area contributed by atoms with Crippen molar-refractivity contribution in [3.8, 4) is 11.5 Å². The molecule has 2 aromatic rings. The Morgan fingerprint density at radius 3 is 2.38 bits per heavy atom. The first-order valence-electron chi connectivity index (χ1n) is 8.99. The van der Waals surface area contributed by atoms with Crippen molar-refractivity contribution in [2.45, 2.75) is 33.1 Å². The van der Waals surface area contributed by atoms with E-state index < -0.39 is 0 Å². The highest BCUT2D eigenvalue weighted by Crippen LogP contribution is 2.21. The van der Waals surface area contributed by atoms with Crippen LogP contribution < -0.4 is 5.32 Å². The molecule has 142 valence electrons. The van der Waals surface area contributed by atoms with Crippen LogP contribution in [0.2, 0.25) is 0 Å². The van der Waals surface area contributed by atoms with E-state index >= 15 is 0 Å². The summed E-state index contributed by atoms with van der Waals surface area (Å²) in [4.78, 5) is 12.1. The minimum atomic E-state index is -0.143. The molecule has 1 amide bonds. The third-order valence-electron chi connectivity index (χ3n) is 3.58. The van der Waals surface area contributed by atoms with E-state index in [0.29, 0.717) is 43.7 Å². The summed E-state index contributed by atoms with van der Waals surface area (Å²) in [5, 5.41) is 10.9. The molecule has 0 spiro atoms. The monoisotopic (exact) mass is 361 g/mol. The number of nitrogens with zero attached hydrogens (tertiary/aromatic N) is 2. The molecule has 0 aliphatic heterocycles. The van der Waals surface area contributed by atoms with Crippen LogP contribution in [0.15, 0.2) is 28.7 Å². The van der Waals surface area contributed by atoms with Gasteiger partial charge in [0.25, 0.3) is 5.91 Å². The summed E-state index contributed by atoms with van der Waals surface area (Å²) < 4.78 is 16.3. The van der Waals surface area contributed by atoms with Crippen LogP contribution in [0.5, 0.6) is 0 Å². The fourth-order valence-electron chi connectivity index (χ4n) is 2.15. The van der Waals surface area contributed by atoms with Gasteiger partial charge in [-0.3, -0.25) is 4.79 Å². The third kappa shape index (κ3) is 6.24. The molecule has 1 aromatic heterocycles. The summed E-state index contributed by atoms with van der Waals surface area (Å²) in [6.45, 7) is 8.82. The van der Waals surface area contributed by atoms with Crippen molar-refractivity contribution < 1.29 is 18.7 Å². The zero-order valence-corrected chi connectivity index (χ0v) is 15.7. The van der Waals surface area contributed by atoms with Crippen molar-refractivity contribution in [1.82, 2.24) is 15.5 Å². The number of carbonyl (C=O) groups excluding carboxylic acids is 1. The lowest BCUT2D eigenvalue weighted by Gasteiger charge is -2.07. The van der Waals surface area contributed by atoms with Crippen LogP contribution in [0, 0.1) is 0 Å². The van der Waals surface area contributed by atoms with E-state index in [2.05, 4.69) is 22.4 Å². The molecule has 1 N–H and O–H groups in total. The molecule has 0 aliphatic rings. The Balaban J connectivity index is 1.74. The number of rotatable bonds is 11. The predicted molar refractivity (Wildman–Crippen MR) is 98.1 cm³/mol. The van der Waals surface area contributed by atoms with Gasteiger partial charge in [-0.15, -0.1) is 10.2 Å². The van der Waals surface area contributed by atoms with Gasteiger partial charge in [-0.2, -0.15) is 0 Å². The normalized spacial score (nSPS) is 11.1. The molecule has 1 aromatic carbocycles. The number of amides is 1. The van der Waals surface area contributed by atoms with Gasteiger partial charge in [0.2, 0.25) is 11.8 Å². The van der Waals surface area contributed by atoms with E-state index in [1.54, 1.807) is 24.3 Å². The van der Waals surface area contributed by atoms with Gasteiger partial charge in [0, 0.05) is 30.2 Å². The van der Waals surface area contributed by atoms with Gasteiger partial charge in [-0.1, -0.05) is 20.8 Å². The van der Waals surface area contributed by atoms with Gasteiger partial charge in [0.1, 0.15) is 0 Å². The van der Waals surface area contributed by atoms with E-state index in [4.69, 9.17) is 13.9 Å². The van der Waals surface area contributed by atoms with Crippen LogP contribution in [0.25, 0.3) is 11.5 Å². The topological polar surface area (TPSA) is 86.5 Å². The first kappa shape index (κ1) is 20.1. The van der Waals surface area contributed by atoms with Crippen molar-refractivity contribution in [3.63, 3.8) is 0 Å². The highest BCUT2D eigenvalue weighted by atomic mass is 16.5. The van der Waals surface area contributed by atoms with Crippen LogP contribution in [-0.2, 0) is 9.47 Å². The summed E-state index contributed by atoms with van der Waals surface area (Å²) >= 11 is 0. The smallest absolute Gasteiger partial charge is 0.251 e. The maximum Gasteiger partial charge on any atom is 0.251 e. The van der Waals surface area contributed by atoms with Crippen LogP contribution in [0.4, 0.5) is 0 Å². The summed E-state index contributed by atoms with van der Waals surface area (Å²) in [5.41, 5.74) is 1.36. The average molecular weight is 361 g/mol.